The molecule has 4 nitrogen and oxygen atoms in total. The molecule has 0 aliphatic heterocycles. The molecule has 0 spiro atoms. The molecule has 0 saturated heterocycles. The predicted octanol–water partition coefficient (Wildman–Crippen LogP) is 1.55. The highest BCUT2D eigenvalue weighted by atomic mass is 16.5. The van der Waals surface area contributed by atoms with Gasteiger partial charge < -0.3 is 15.5 Å². The first-order chi connectivity index (χ1) is 7.68. The fraction of sp³-hybridized carbons (Fsp3) is 0.917. The molecule has 16 heavy (non-hydrogen) atoms. The van der Waals surface area contributed by atoms with Crippen molar-refractivity contribution >= 4 is 5.91 Å². The Labute approximate surface area is 98.1 Å². The van der Waals surface area contributed by atoms with E-state index >= 15 is 0 Å². The highest BCUT2D eigenvalue weighted by molar-refractivity contribution is 5.78. The Morgan fingerprint density at radius 1 is 1.00 bits per heavy atom. The molecular weight excluding hydrogens is 206 g/mol. The topological polar surface area (TPSA) is 69.6 Å². The number of rotatable bonds is 10. The van der Waals surface area contributed by atoms with Gasteiger partial charge >= 0.3 is 0 Å². The number of aliphatic hydroxyl groups excluding tert-OH is 1. The van der Waals surface area contributed by atoms with Crippen molar-refractivity contribution in [2.24, 2.45) is 0 Å². The summed E-state index contributed by atoms with van der Waals surface area (Å²) >= 11 is 0. The Kier molecular flexibility index (Phi) is 10.5. The van der Waals surface area contributed by atoms with E-state index in [9.17, 15) is 4.79 Å². The number of hydrogen-bond donors (Lipinski definition) is 3. The highest BCUT2D eigenvalue weighted by Crippen LogP contribution is 2.07. The molecule has 0 aliphatic rings. The van der Waals surface area contributed by atoms with Crippen LogP contribution in [0.2, 0.25) is 0 Å². The lowest BCUT2D eigenvalue weighted by atomic mass is 10.1. The zero-order chi connectivity index (χ0) is 12.2. The Morgan fingerprint density at radius 3 is 2.00 bits per heavy atom. The van der Waals surface area contributed by atoms with E-state index in [1.165, 1.54) is 38.5 Å². The minimum atomic E-state index is -1.88. The van der Waals surface area contributed by atoms with Gasteiger partial charge in [0.05, 0.1) is 0 Å². The first-order valence-electron chi connectivity index (χ1n) is 6.32. The number of nitrogens with one attached hydrogen (secondary N) is 1. The second-order valence-corrected chi connectivity index (χ2v) is 4.14. The molecule has 0 bridgehead atoms. The van der Waals surface area contributed by atoms with Crippen molar-refractivity contribution in [2.45, 2.75) is 64.6 Å². The van der Waals surface area contributed by atoms with Crippen LogP contribution in [0.15, 0.2) is 0 Å². The van der Waals surface area contributed by atoms with Crippen LogP contribution in [0.5, 0.6) is 0 Å². The molecule has 1 amide bonds. The minimum Gasteiger partial charge on any atom is -0.361 e. The molecule has 0 heterocycles. The second-order valence-electron chi connectivity index (χ2n) is 4.14. The smallest absolute Gasteiger partial charge is 0.276 e. The molecule has 3 N–H and O–H groups in total. The molecule has 0 fully saturated rings. The fourth-order valence-electron chi connectivity index (χ4n) is 1.56. The normalized spacial score (nSPS) is 10.8. The third kappa shape index (κ3) is 9.93. The molecule has 0 aromatic carbocycles. The summed E-state index contributed by atoms with van der Waals surface area (Å²) in [6, 6.07) is 0. The van der Waals surface area contributed by atoms with E-state index < -0.39 is 12.2 Å². The average molecular weight is 231 g/mol. The summed E-state index contributed by atoms with van der Waals surface area (Å²) in [7, 11) is 0. The van der Waals surface area contributed by atoms with E-state index in [2.05, 4.69) is 12.2 Å². The third-order valence-corrected chi connectivity index (χ3v) is 2.56. The molecule has 0 unspecified atom stereocenters. The molecule has 0 aliphatic carbocycles. The number of amides is 1. The summed E-state index contributed by atoms with van der Waals surface area (Å²) in [5.74, 6) is -0.706. The summed E-state index contributed by atoms with van der Waals surface area (Å²) < 4.78 is 0. The van der Waals surface area contributed by atoms with Crippen molar-refractivity contribution in [3.8, 4) is 0 Å². The monoisotopic (exact) mass is 231 g/mol. The zero-order valence-electron chi connectivity index (χ0n) is 10.2. The Hall–Kier alpha value is -0.610. The van der Waals surface area contributed by atoms with Crippen LogP contribution in [-0.4, -0.2) is 29.0 Å². The second kappa shape index (κ2) is 10.9. The molecular formula is C12H25NO3. The lowest BCUT2D eigenvalue weighted by Gasteiger charge is -2.06. The van der Waals surface area contributed by atoms with Crippen molar-refractivity contribution in [3.63, 3.8) is 0 Å². The van der Waals surface area contributed by atoms with Crippen molar-refractivity contribution in [2.75, 3.05) is 6.54 Å². The van der Waals surface area contributed by atoms with Crippen LogP contribution < -0.4 is 5.32 Å². The van der Waals surface area contributed by atoms with Crippen LogP contribution in [-0.2, 0) is 4.79 Å². The van der Waals surface area contributed by atoms with Crippen molar-refractivity contribution < 1.29 is 15.0 Å². The van der Waals surface area contributed by atoms with Gasteiger partial charge in [-0.05, 0) is 6.42 Å². The predicted molar refractivity (Wildman–Crippen MR) is 63.8 cm³/mol. The van der Waals surface area contributed by atoms with Crippen LogP contribution in [0.3, 0.4) is 0 Å². The van der Waals surface area contributed by atoms with Gasteiger partial charge in [-0.1, -0.05) is 51.9 Å². The molecule has 0 aromatic rings. The Bertz CT molecular complexity index is 172. The third-order valence-electron chi connectivity index (χ3n) is 2.56. The number of carbonyl (C=O) groups excluding carboxylic acids is 1. The van der Waals surface area contributed by atoms with Gasteiger partial charge in [0.15, 0.2) is 0 Å². The summed E-state index contributed by atoms with van der Waals surface area (Å²) in [6.45, 7) is 2.74. The quantitative estimate of drug-likeness (QED) is 0.395. The zero-order valence-corrected chi connectivity index (χ0v) is 10.2. The van der Waals surface area contributed by atoms with Crippen molar-refractivity contribution in [1.82, 2.24) is 5.32 Å². The van der Waals surface area contributed by atoms with Gasteiger partial charge in [0.25, 0.3) is 5.91 Å². The number of aliphatic hydroxyl groups is 2. The summed E-state index contributed by atoms with van der Waals surface area (Å²) in [6.07, 6.45) is 7.80. The lowest BCUT2D eigenvalue weighted by Crippen LogP contribution is -2.34. The van der Waals surface area contributed by atoms with Gasteiger partial charge in [0, 0.05) is 6.54 Å². The SMILES string of the molecule is CCCCCCCCCCNC(=O)C(O)O. The van der Waals surface area contributed by atoms with E-state index in [4.69, 9.17) is 10.2 Å². The first-order valence-corrected chi connectivity index (χ1v) is 6.32. The van der Waals surface area contributed by atoms with Gasteiger partial charge in [-0.15, -0.1) is 0 Å². The fourth-order valence-corrected chi connectivity index (χ4v) is 1.56. The molecule has 0 atom stereocenters. The van der Waals surface area contributed by atoms with E-state index in [0.717, 1.165) is 12.8 Å². The molecule has 0 aromatic heterocycles. The first kappa shape index (κ1) is 15.4. The van der Waals surface area contributed by atoms with Gasteiger partial charge in [0.1, 0.15) is 0 Å². The van der Waals surface area contributed by atoms with E-state index in [1.807, 2.05) is 0 Å². The summed E-state index contributed by atoms with van der Waals surface area (Å²) in [5.41, 5.74) is 0. The van der Waals surface area contributed by atoms with E-state index in [-0.39, 0.29) is 0 Å². The largest absolute Gasteiger partial charge is 0.361 e. The minimum absolute atomic E-state index is 0.533. The highest BCUT2D eigenvalue weighted by Gasteiger charge is 2.08. The van der Waals surface area contributed by atoms with Crippen molar-refractivity contribution in [1.29, 1.82) is 0 Å². The van der Waals surface area contributed by atoms with E-state index in [1.54, 1.807) is 0 Å². The summed E-state index contributed by atoms with van der Waals surface area (Å²) in [5, 5.41) is 19.4. The van der Waals surface area contributed by atoms with Crippen LogP contribution in [0.25, 0.3) is 0 Å². The van der Waals surface area contributed by atoms with Crippen molar-refractivity contribution in [3.05, 3.63) is 0 Å². The Morgan fingerprint density at radius 2 is 1.50 bits per heavy atom. The molecule has 0 rings (SSSR count). The maximum absolute atomic E-state index is 10.7. The maximum Gasteiger partial charge on any atom is 0.276 e. The van der Waals surface area contributed by atoms with Gasteiger partial charge in [0.2, 0.25) is 6.29 Å². The molecule has 0 radical (unpaired) electrons. The average Bonchev–Trinajstić information content (AvgIpc) is 2.26. The van der Waals surface area contributed by atoms with Crippen LogP contribution in [0.4, 0.5) is 0 Å². The number of carbonyl (C=O) groups is 1. The van der Waals surface area contributed by atoms with Gasteiger partial charge in [-0.3, -0.25) is 4.79 Å². The molecule has 96 valence electrons. The number of unbranched alkanes of at least 4 members (excludes halogenated alkanes) is 7. The van der Waals surface area contributed by atoms with E-state index in [0.29, 0.717) is 6.54 Å². The van der Waals surface area contributed by atoms with Crippen LogP contribution in [0.1, 0.15) is 58.3 Å². The van der Waals surface area contributed by atoms with Crippen LogP contribution >= 0.6 is 0 Å². The maximum atomic E-state index is 10.7. The number of hydrogen-bond acceptors (Lipinski definition) is 3. The standard InChI is InChI=1S/C12H25NO3/c1-2-3-4-5-6-7-8-9-10-13-11(14)12(15)16/h12,15-16H,2-10H2,1H3,(H,13,14). The van der Waals surface area contributed by atoms with Crippen LogP contribution in [0, 0.1) is 0 Å². The summed E-state index contributed by atoms with van der Waals surface area (Å²) in [4.78, 5) is 10.7. The molecule has 0 saturated carbocycles. The van der Waals surface area contributed by atoms with Gasteiger partial charge in [-0.25, -0.2) is 0 Å². The van der Waals surface area contributed by atoms with Gasteiger partial charge in [-0.2, -0.15) is 0 Å². The Balaban J connectivity index is 3.07. The molecule has 4 heteroatoms. The lowest BCUT2D eigenvalue weighted by molar-refractivity contribution is -0.147.